The van der Waals surface area contributed by atoms with Crippen LogP contribution in [0.5, 0.6) is 0 Å². The van der Waals surface area contributed by atoms with Gasteiger partial charge in [0.05, 0.1) is 24.0 Å². The van der Waals surface area contributed by atoms with Gasteiger partial charge in [0.1, 0.15) is 36.4 Å². The number of imide groups is 1. The summed E-state index contributed by atoms with van der Waals surface area (Å²) in [5.74, 6) is 0.939. The number of likely N-dealkylation sites (N-methyl/N-ethyl adjacent to an activating group) is 1. The molecular weight excluding hydrogens is 628 g/mol. The molecule has 15 nitrogen and oxygen atoms in total. The van der Waals surface area contributed by atoms with Crippen molar-refractivity contribution in [1.82, 2.24) is 34.2 Å². The highest BCUT2D eigenvalue weighted by Gasteiger charge is 2.46. The number of rotatable bonds is 9. The van der Waals surface area contributed by atoms with Crippen LogP contribution in [0.4, 0.5) is 22.1 Å². The number of nitrogens with one attached hydrogen (secondary N) is 1. The van der Waals surface area contributed by atoms with Crippen LogP contribution in [-0.4, -0.2) is 84.3 Å². The second-order valence-corrected chi connectivity index (χ2v) is 13.3. The van der Waals surface area contributed by atoms with E-state index in [1.54, 1.807) is 19.2 Å². The number of esters is 1. The Bertz CT molecular complexity index is 2010. The SMILES string of the molecule is CCC(=O)O[C@H]1C[C@H](c2cn3cc(C4CC4)cc(N4CC(=O)N(C)C4=O)c3n2)N(c2cc(NC(=O)[C@H]3C[C@@H]3c3nccc(C)n3)ncn2)C1. The Morgan fingerprint density at radius 1 is 1.06 bits per heavy atom. The predicted octanol–water partition coefficient (Wildman–Crippen LogP) is 3.51. The summed E-state index contributed by atoms with van der Waals surface area (Å²) in [7, 11) is 1.48. The average molecular weight is 665 g/mol. The number of hydrogen-bond acceptors (Lipinski definition) is 11. The number of urea groups is 1. The van der Waals surface area contributed by atoms with E-state index >= 15 is 0 Å². The highest BCUT2D eigenvalue weighted by molar-refractivity contribution is 6.13. The zero-order valence-corrected chi connectivity index (χ0v) is 27.4. The second kappa shape index (κ2) is 11.9. The van der Waals surface area contributed by atoms with Gasteiger partial charge < -0.3 is 19.4 Å². The monoisotopic (exact) mass is 664 g/mol. The molecule has 4 aliphatic rings. The fourth-order valence-electron chi connectivity index (χ4n) is 6.80. The van der Waals surface area contributed by atoms with Crippen LogP contribution in [0.3, 0.4) is 0 Å². The van der Waals surface area contributed by atoms with Crippen LogP contribution < -0.4 is 15.1 Å². The number of aryl methyl sites for hydroxylation is 1. The number of anilines is 3. The van der Waals surface area contributed by atoms with E-state index in [-0.39, 0.29) is 48.6 Å². The van der Waals surface area contributed by atoms with Crippen molar-refractivity contribution in [3.8, 4) is 0 Å². The van der Waals surface area contributed by atoms with Gasteiger partial charge in [-0.25, -0.2) is 29.7 Å². The van der Waals surface area contributed by atoms with Gasteiger partial charge >= 0.3 is 12.0 Å². The summed E-state index contributed by atoms with van der Waals surface area (Å²) >= 11 is 0. The van der Waals surface area contributed by atoms with Crippen molar-refractivity contribution in [2.24, 2.45) is 5.92 Å². The van der Waals surface area contributed by atoms with E-state index in [0.29, 0.717) is 59.8 Å². The summed E-state index contributed by atoms with van der Waals surface area (Å²) in [6, 6.07) is 4.77. The lowest BCUT2D eigenvalue weighted by molar-refractivity contribution is -0.147. The molecule has 2 aliphatic carbocycles. The first-order valence-electron chi connectivity index (χ1n) is 16.7. The fraction of sp³-hybridized carbons (Fsp3) is 0.441. The second-order valence-electron chi connectivity index (χ2n) is 13.3. The van der Waals surface area contributed by atoms with E-state index < -0.39 is 12.1 Å². The van der Waals surface area contributed by atoms with Crippen LogP contribution in [0.25, 0.3) is 5.65 Å². The van der Waals surface area contributed by atoms with Crippen molar-refractivity contribution in [3.63, 3.8) is 0 Å². The standard InChI is InChI=1S/C34H36N10O5/c1-4-30(46)49-21-10-25(24-15-42-13-20(19-5-6-19)9-26(32(42)39-24)44-16-29(45)41(3)34(44)48)43(14-21)28-12-27(36-17-37-28)40-33(47)23-11-22(23)31-35-8-7-18(2)38-31/h7-9,12-13,15,17,19,21-23,25H,4-6,10-11,14,16H2,1-3H3,(H,36,37,40,47)/t21-,22-,23-,25+/m0/s1. The van der Waals surface area contributed by atoms with Gasteiger partial charge in [-0.05, 0) is 49.8 Å². The summed E-state index contributed by atoms with van der Waals surface area (Å²) in [6.45, 7) is 3.95. The number of carbonyl (C=O) groups excluding carboxylic acids is 4. The number of fused-ring (bicyclic) bond motifs is 1. The van der Waals surface area contributed by atoms with E-state index in [1.165, 1.54) is 18.3 Å². The minimum atomic E-state index is -0.426. The Balaban J connectivity index is 1.09. The van der Waals surface area contributed by atoms with E-state index in [2.05, 4.69) is 25.3 Å². The Labute approximate surface area is 281 Å². The number of hydrogen-bond donors (Lipinski definition) is 1. The molecule has 15 heteroatoms. The molecule has 49 heavy (non-hydrogen) atoms. The van der Waals surface area contributed by atoms with Crippen molar-refractivity contribution in [2.75, 3.05) is 35.3 Å². The van der Waals surface area contributed by atoms with E-state index in [1.807, 2.05) is 40.8 Å². The zero-order valence-electron chi connectivity index (χ0n) is 27.4. The van der Waals surface area contributed by atoms with Gasteiger partial charge in [0.25, 0.3) is 0 Å². The molecule has 6 heterocycles. The lowest BCUT2D eigenvalue weighted by atomic mass is 10.1. The van der Waals surface area contributed by atoms with Crippen LogP contribution in [0.15, 0.2) is 43.1 Å². The molecule has 0 radical (unpaired) electrons. The molecule has 4 aromatic rings. The number of ether oxygens (including phenoxy) is 1. The Kier molecular flexibility index (Phi) is 7.49. The molecule has 0 unspecified atom stereocenters. The number of carbonyl (C=O) groups is 4. The summed E-state index contributed by atoms with van der Waals surface area (Å²) in [4.78, 5) is 78.4. The van der Waals surface area contributed by atoms with Gasteiger partial charge in [-0.3, -0.25) is 24.2 Å². The maximum atomic E-state index is 13.2. The first kappa shape index (κ1) is 30.8. The zero-order chi connectivity index (χ0) is 34.0. The third-order valence-corrected chi connectivity index (χ3v) is 9.76. The normalized spacial score (nSPS) is 23.4. The third-order valence-electron chi connectivity index (χ3n) is 9.76. The summed E-state index contributed by atoms with van der Waals surface area (Å²) in [5, 5.41) is 2.94. The third kappa shape index (κ3) is 5.82. The van der Waals surface area contributed by atoms with Gasteiger partial charge in [0.15, 0.2) is 5.65 Å². The highest BCUT2D eigenvalue weighted by atomic mass is 16.5. The largest absolute Gasteiger partial charge is 0.460 e. The molecule has 4 fully saturated rings. The molecule has 2 saturated carbocycles. The van der Waals surface area contributed by atoms with Crippen molar-refractivity contribution in [1.29, 1.82) is 0 Å². The quantitative estimate of drug-likeness (QED) is 0.205. The fourth-order valence-corrected chi connectivity index (χ4v) is 6.80. The molecule has 8 rings (SSSR count). The molecule has 2 saturated heterocycles. The Hall–Kier alpha value is -5.47. The maximum absolute atomic E-state index is 13.2. The van der Waals surface area contributed by atoms with Crippen LogP contribution in [-0.2, 0) is 19.1 Å². The molecule has 4 amide bonds. The first-order chi connectivity index (χ1) is 23.7. The molecule has 0 spiro atoms. The minimum absolute atomic E-state index is 0.0343. The van der Waals surface area contributed by atoms with Crippen LogP contribution in [0, 0.1) is 12.8 Å². The van der Waals surface area contributed by atoms with Gasteiger partial charge in [0.2, 0.25) is 11.8 Å². The lowest BCUT2D eigenvalue weighted by Crippen LogP contribution is -2.30. The maximum Gasteiger partial charge on any atom is 0.331 e. The highest BCUT2D eigenvalue weighted by Crippen LogP contribution is 2.47. The van der Waals surface area contributed by atoms with E-state index in [9.17, 15) is 19.2 Å². The van der Waals surface area contributed by atoms with Crippen molar-refractivity contribution in [2.45, 2.75) is 69.9 Å². The first-order valence-corrected chi connectivity index (χ1v) is 16.7. The summed E-state index contributed by atoms with van der Waals surface area (Å²) in [5.41, 5.74) is 3.77. The minimum Gasteiger partial charge on any atom is -0.460 e. The van der Waals surface area contributed by atoms with Gasteiger partial charge in [-0.2, -0.15) is 0 Å². The van der Waals surface area contributed by atoms with Crippen molar-refractivity contribution >= 4 is 46.8 Å². The summed E-state index contributed by atoms with van der Waals surface area (Å²) in [6.07, 6.45) is 10.2. The van der Waals surface area contributed by atoms with Gasteiger partial charge in [-0.1, -0.05) is 6.92 Å². The molecule has 4 aromatic heterocycles. The number of pyridine rings is 1. The van der Waals surface area contributed by atoms with E-state index in [0.717, 1.165) is 29.0 Å². The molecule has 1 N–H and O–H groups in total. The lowest BCUT2D eigenvalue weighted by Gasteiger charge is -2.24. The number of amides is 4. The van der Waals surface area contributed by atoms with Crippen molar-refractivity contribution in [3.05, 3.63) is 65.9 Å². The smallest absolute Gasteiger partial charge is 0.331 e. The number of nitrogens with zero attached hydrogens (tertiary/aromatic N) is 9. The molecule has 0 bridgehead atoms. The van der Waals surface area contributed by atoms with Crippen LogP contribution >= 0.6 is 0 Å². The number of imidazole rings is 1. The molecule has 0 aromatic carbocycles. The Morgan fingerprint density at radius 3 is 2.63 bits per heavy atom. The summed E-state index contributed by atoms with van der Waals surface area (Å²) < 4.78 is 7.72. The number of aromatic nitrogens is 6. The Morgan fingerprint density at radius 2 is 1.90 bits per heavy atom. The molecular formula is C34H36N10O5. The molecule has 4 atom stereocenters. The molecule has 252 valence electrons. The average Bonchev–Trinajstić information content (AvgIpc) is 4.00. The predicted molar refractivity (Wildman–Crippen MR) is 176 cm³/mol. The van der Waals surface area contributed by atoms with Crippen molar-refractivity contribution < 1.29 is 23.9 Å². The molecule has 2 aliphatic heterocycles. The van der Waals surface area contributed by atoms with E-state index in [4.69, 9.17) is 9.72 Å². The van der Waals surface area contributed by atoms with Crippen LogP contribution in [0.1, 0.15) is 79.7 Å². The van der Waals surface area contributed by atoms with Gasteiger partial charge in [0, 0.05) is 62.1 Å². The van der Waals surface area contributed by atoms with Gasteiger partial charge in [-0.15, -0.1) is 0 Å². The topological polar surface area (TPSA) is 168 Å². The van der Waals surface area contributed by atoms with Crippen LogP contribution in [0.2, 0.25) is 0 Å².